The van der Waals surface area contributed by atoms with Gasteiger partial charge in [-0.25, -0.2) is 0 Å². The SMILES string of the molecule is CCC(N)CSCc1ccc(Cl)c(Cl)c1. The van der Waals surface area contributed by atoms with E-state index in [1.165, 1.54) is 5.56 Å². The molecule has 0 spiro atoms. The Labute approximate surface area is 105 Å². The van der Waals surface area contributed by atoms with Crippen molar-refractivity contribution < 1.29 is 0 Å². The first-order chi connectivity index (χ1) is 7.13. The number of benzene rings is 1. The second-order valence-electron chi connectivity index (χ2n) is 3.43. The van der Waals surface area contributed by atoms with Gasteiger partial charge in [-0.2, -0.15) is 11.8 Å². The zero-order chi connectivity index (χ0) is 11.3. The van der Waals surface area contributed by atoms with E-state index in [0.717, 1.165) is 17.9 Å². The molecular weight excluding hydrogens is 249 g/mol. The largest absolute Gasteiger partial charge is 0.327 e. The van der Waals surface area contributed by atoms with Crippen molar-refractivity contribution >= 4 is 35.0 Å². The van der Waals surface area contributed by atoms with Gasteiger partial charge in [-0.1, -0.05) is 36.2 Å². The normalized spacial score (nSPS) is 12.8. The predicted molar refractivity (Wildman–Crippen MR) is 70.9 cm³/mol. The van der Waals surface area contributed by atoms with Crippen molar-refractivity contribution in [3.8, 4) is 0 Å². The van der Waals surface area contributed by atoms with Crippen molar-refractivity contribution in [3.63, 3.8) is 0 Å². The van der Waals surface area contributed by atoms with Gasteiger partial charge in [0.25, 0.3) is 0 Å². The van der Waals surface area contributed by atoms with Crippen LogP contribution >= 0.6 is 35.0 Å². The number of rotatable bonds is 5. The molecule has 0 amide bonds. The second-order valence-corrected chi connectivity index (χ2v) is 5.28. The van der Waals surface area contributed by atoms with Crippen molar-refractivity contribution in [2.75, 3.05) is 5.75 Å². The highest BCUT2D eigenvalue weighted by Crippen LogP contribution is 2.24. The second kappa shape index (κ2) is 6.64. The average Bonchev–Trinajstić information content (AvgIpc) is 2.23. The van der Waals surface area contributed by atoms with Crippen LogP contribution in [0.15, 0.2) is 18.2 Å². The Morgan fingerprint density at radius 2 is 2.07 bits per heavy atom. The van der Waals surface area contributed by atoms with Gasteiger partial charge in [-0.15, -0.1) is 0 Å². The molecule has 15 heavy (non-hydrogen) atoms. The summed E-state index contributed by atoms with van der Waals surface area (Å²) in [7, 11) is 0. The zero-order valence-electron chi connectivity index (χ0n) is 8.67. The van der Waals surface area contributed by atoms with Crippen LogP contribution in [0.5, 0.6) is 0 Å². The molecular formula is C11H15Cl2NS. The number of hydrogen-bond acceptors (Lipinski definition) is 2. The van der Waals surface area contributed by atoms with Crippen molar-refractivity contribution in [2.45, 2.75) is 25.1 Å². The van der Waals surface area contributed by atoms with Crippen LogP contribution in [0.2, 0.25) is 10.0 Å². The van der Waals surface area contributed by atoms with Gasteiger partial charge in [0.2, 0.25) is 0 Å². The molecule has 0 aliphatic heterocycles. The summed E-state index contributed by atoms with van der Waals surface area (Å²) in [4.78, 5) is 0. The fraction of sp³-hybridized carbons (Fsp3) is 0.455. The van der Waals surface area contributed by atoms with E-state index in [1.807, 2.05) is 30.0 Å². The Bertz CT molecular complexity index is 317. The Kier molecular flexibility index (Phi) is 5.83. The van der Waals surface area contributed by atoms with Crippen LogP contribution in [0.4, 0.5) is 0 Å². The van der Waals surface area contributed by atoms with Crippen molar-refractivity contribution in [1.82, 2.24) is 0 Å². The molecule has 0 aliphatic rings. The van der Waals surface area contributed by atoms with Crippen LogP contribution in [0.1, 0.15) is 18.9 Å². The summed E-state index contributed by atoms with van der Waals surface area (Å²) in [5.41, 5.74) is 7.02. The van der Waals surface area contributed by atoms with Gasteiger partial charge in [0.05, 0.1) is 10.0 Å². The number of hydrogen-bond donors (Lipinski definition) is 1. The molecule has 1 nitrogen and oxygen atoms in total. The van der Waals surface area contributed by atoms with E-state index in [0.29, 0.717) is 10.0 Å². The maximum Gasteiger partial charge on any atom is 0.0595 e. The molecule has 1 atom stereocenters. The fourth-order valence-electron chi connectivity index (χ4n) is 1.08. The van der Waals surface area contributed by atoms with E-state index < -0.39 is 0 Å². The van der Waals surface area contributed by atoms with E-state index in [4.69, 9.17) is 28.9 Å². The lowest BCUT2D eigenvalue weighted by molar-refractivity contribution is 0.725. The van der Waals surface area contributed by atoms with E-state index in [1.54, 1.807) is 0 Å². The number of nitrogens with two attached hydrogens (primary N) is 1. The summed E-state index contributed by atoms with van der Waals surface area (Å²) >= 11 is 13.6. The molecule has 0 aliphatic carbocycles. The maximum absolute atomic E-state index is 5.92. The third-order valence-electron chi connectivity index (χ3n) is 2.11. The smallest absolute Gasteiger partial charge is 0.0595 e. The summed E-state index contributed by atoms with van der Waals surface area (Å²) < 4.78 is 0. The van der Waals surface area contributed by atoms with E-state index >= 15 is 0 Å². The Hall–Kier alpha value is 0.110. The Morgan fingerprint density at radius 1 is 1.33 bits per heavy atom. The monoisotopic (exact) mass is 263 g/mol. The minimum Gasteiger partial charge on any atom is -0.327 e. The van der Waals surface area contributed by atoms with Gasteiger partial charge < -0.3 is 5.73 Å². The standard InChI is InChI=1S/C11H15Cl2NS/c1-2-9(14)7-15-6-8-3-4-10(12)11(13)5-8/h3-5,9H,2,6-7,14H2,1H3. The lowest BCUT2D eigenvalue weighted by Crippen LogP contribution is -2.21. The van der Waals surface area contributed by atoms with E-state index in [9.17, 15) is 0 Å². The Morgan fingerprint density at radius 3 is 2.67 bits per heavy atom. The first kappa shape index (κ1) is 13.2. The highest BCUT2D eigenvalue weighted by atomic mass is 35.5. The predicted octanol–water partition coefficient (Wildman–Crippen LogP) is 3.96. The molecule has 0 bridgehead atoms. The molecule has 4 heteroatoms. The van der Waals surface area contributed by atoms with Crippen LogP contribution in [0.25, 0.3) is 0 Å². The third kappa shape index (κ3) is 4.64. The fourth-order valence-corrected chi connectivity index (χ4v) is 2.47. The molecule has 0 saturated carbocycles. The molecule has 0 radical (unpaired) electrons. The number of halogens is 2. The summed E-state index contributed by atoms with van der Waals surface area (Å²) in [6.07, 6.45) is 1.02. The van der Waals surface area contributed by atoms with Gasteiger partial charge >= 0.3 is 0 Å². The van der Waals surface area contributed by atoms with Crippen LogP contribution in [-0.2, 0) is 5.75 Å². The molecule has 1 aromatic carbocycles. The van der Waals surface area contributed by atoms with Crippen molar-refractivity contribution in [3.05, 3.63) is 33.8 Å². The maximum atomic E-state index is 5.92. The quantitative estimate of drug-likeness (QED) is 0.871. The van der Waals surface area contributed by atoms with Crippen LogP contribution in [0.3, 0.4) is 0 Å². The number of thioether (sulfide) groups is 1. The van der Waals surface area contributed by atoms with Crippen LogP contribution in [0, 0.1) is 0 Å². The Balaban J connectivity index is 2.41. The molecule has 1 rings (SSSR count). The summed E-state index contributed by atoms with van der Waals surface area (Å²) in [6, 6.07) is 6.03. The van der Waals surface area contributed by atoms with E-state index in [2.05, 4.69) is 6.92 Å². The summed E-state index contributed by atoms with van der Waals surface area (Å²) in [5.74, 6) is 1.92. The zero-order valence-corrected chi connectivity index (χ0v) is 11.0. The average molecular weight is 264 g/mol. The van der Waals surface area contributed by atoms with Crippen LogP contribution < -0.4 is 5.73 Å². The molecule has 0 fully saturated rings. The van der Waals surface area contributed by atoms with Gasteiger partial charge in [0, 0.05) is 17.5 Å². The molecule has 1 unspecified atom stereocenters. The highest BCUT2D eigenvalue weighted by Gasteiger charge is 2.02. The topological polar surface area (TPSA) is 26.0 Å². The molecule has 0 saturated heterocycles. The lowest BCUT2D eigenvalue weighted by Gasteiger charge is -2.08. The summed E-state index contributed by atoms with van der Waals surface area (Å²) in [5, 5.41) is 1.23. The molecule has 0 aromatic heterocycles. The highest BCUT2D eigenvalue weighted by molar-refractivity contribution is 7.98. The van der Waals surface area contributed by atoms with Crippen molar-refractivity contribution in [1.29, 1.82) is 0 Å². The van der Waals surface area contributed by atoms with E-state index in [-0.39, 0.29) is 6.04 Å². The molecule has 0 heterocycles. The third-order valence-corrected chi connectivity index (χ3v) is 4.05. The van der Waals surface area contributed by atoms with Gasteiger partial charge in [0.15, 0.2) is 0 Å². The summed E-state index contributed by atoms with van der Waals surface area (Å²) in [6.45, 7) is 2.10. The van der Waals surface area contributed by atoms with Crippen LogP contribution in [-0.4, -0.2) is 11.8 Å². The minimum atomic E-state index is 0.290. The van der Waals surface area contributed by atoms with Gasteiger partial charge in [0.1, 0.15) is 0 Å². The van der Waals surface area contributed by atoms with Gasteiger partial charge in [-0.3, -0.25) is 0 Å². The van der Waals surface area contributed by atoms with Gasteiger partial charge in [-0.05, 0) is 24.1 Å². The molecule has 2 N–H and O–H groups in total. The molecule has 84 valence electrons. The molecule has 1 aromatic rings. The lowest BCUT2D eigenvalue weighted by atomic mass is 10.2. The minimum absolute atomic E-state index is 0.290. The first-order valence-electron chi connectivity index (χ1n) is 4.90. The van der Waals surface area contributed by atoms with Crippen molar-refractivity contribution in [2.24, 2.45) is 5.73 Å². The first-order valence-corrected chi connectivity index (χ1v) is 6.81.